The van der Waals surface area contributed by atoms with E-state index in [-0.39, 0.29) is 0 Å². The Hall–Kier alpha value is -8.79. The highest BCUT2D eigenvalue weighted by atomic mass is 15.0. The molecule has 0 radical (unpaired) electrons. The van der Waals surface area contributed by atoms with E-state index in [9.17, 15) is 0 Å². The molecule has 2 aliphatic carbocycles. The molecule has 0 fully saturated rings. The molecule has 0 saturated heterocycles. The van der Waals surface area contributed by atoms with Gasteiger partial charge in [0.05, 0.1) is 5.41 Å². The molecule has 0 aliphatic heterocycles. The number of nitrogens with zero attached hydrogens (tertiary/aromatic N) is 3. The second-order valence-electron chi connectivity index (χ2n) is 17.5. The molecule has 312 valence electrons. The maximum absolute atomic E-state index is 5.56. The first-order valence-corrected chi connectivity index (χ1v) is 22.9. The number of aromatic nitrogens is 3. The third-order valence-electron chi connectivity index (χ3n) is 13.7. The Bertz CT molecular complexity index is 3370. The van der Waals surface area contributed by atoms with E-state index in [1.54, 1.807) is 0 Å². The van der Waals surface area contributed by atoms with E-state index >= 15 is 0 Å². The molecule has 3 heteroatoms. The minimum absolute atomic E-state index is 0.503. The van der Waals surface area contributed by atoms with Gasteiger partial charge in [0.2, 0.25) is 0 Å². The van der Waals surface area contributed by atoms with Crippen molar-refractivity contribution in [2.24, 2.45) is 0 Å². The van der Waals surface area contributed by atoms with Crippen LogP contribution in [0.3, 0.4) is 0 Å². The number of hydrogen-bond donors (Lipinski definition) is 0. The number of rotatable bonds is 7. The molecular formula is C64H41N3. The van der Waals surface area contributed by atoms with Crippen molar-refractivity contribution in [2.75, 3.05) is 0 Å². The molecule has 1 spiro atoms. The second kappa shape index (κ2) is 15.7. The van der Waals surface area contributed by atoms with E-state index in [4.69, 9.17) is 15.0 Å². The molecule has 3 nitrogen and oxygen atoms in total. The molecule has 13 rings (SSSR count). The number of hydrogen-bond acceptors (Lipinski definition) is 3. The average molecular weight is 852 g/mol. The Labute approximate surface area is 390 Å². The summed E-state index contributed by atoms with van der Waals surface area (Å²) >= 11 is 0. The van der Waals surface area contributed by atoms with E-state index in [1.165, 1.54) is 38.9 Å². The minimum Gasteiger partial charge on any atom is -0.208 e. The molecule has 11 aromatic rings. The Balaban J connectivity index is 1.10. The monoisotopic (exact) mass is 851 g/mol. The number of benzene rings is 10. The van der Waals surface area contributed by atoms with E-state index in [0.29, 0.717) is 17.5 Å². The van der Waals surface area contributed by atoms with Crippen LogP contribution in [0.5, 0.6) is 0 Å². The summed E-state index contributed by atoms with van der Waals surface area (Å²) in [6, 6.07) is 89.3. The SMILES string of the molecule is c1ccc(-c2cc(-c3ccccc3)cc(-c3nc(-c4cc(-c5ccccc5)cc(-c5ccccc5)c4)nc(-c4cccc5c4-c4ccccc4C54c5ccccc5-c5ccccc54)n3)c2)cc1. The van der Waals surface area contributed by atoms with Gasteiger partial charge in [0.1, 0.15) is 0 Å². The standard InChI is InChI=1S/C64H41N3/c1-5-20-42(21-6-1)46-36-47(43-22-7-2-8-23-43)39-50(38-46)61-65-62(51-40-48(44-24-9-3-10-25-44)37-49(41-51)45-26-11-4-12-27-45)67-63(66-61)55-31-19-35-59-60(55)54-30-15-18-34-58(54)64(59)56-32-16-13-28-52(56)53-29-14-17-33-57(53)64/h1-41H. The van der Waals surface area contributed by atoms with Gasteiger partial charge in [-0.2, -0.15) is 0 Å². The van der Waals surface area contributed by atoms with E-state index < -0.39 is 5.41 Å². The highest BCUT2D eigenvalue weighted by Gasteiger charge is 2.52. The topological polar surface area (TPSA) is 38.7 Å². The Morgan fingerprint density at radius 1 is 0.209 bits per heavy atom. The van der Waals surface area contributed by atoms with Crippen molar-refractivity contribution in [2.45, 2.75) is 5.41 Å². The Morgan fingerprint density at radius 2 is 0.507 bits per heavy atom. The zero-order valence-electron chi connectivity index (χ0n) is 36.5. The van der Waals surface area contributed by atoms with Gasteiger partial charge in [0.15, 0.2) is 17.5 Å². The maximum atomic E-state index is 5.56. The van der Waals surface area contributed by atoms with Gasteiger partial charge in [-0.3, -0.25) is 0 Å². The van der Waals surface area contributed by atoms with Crippen molar-refractivity contribution in [3.63, 3.8) is 0 Å². The molecule has 0 saturated carbocycles. The van der Waals surface area contributed by atoms with Crippen molar-refractivity contribution >= 4 is 0 Å². The Kier molecular flexibility index (Phi) is 9.07. The third kappa shape index (κ3) is 6.31. The molecular weight excluding hydrogens is 811 g/mol. The highest BCUT2D eigenvalue weighted by molar-refractivity contribution is 5.99. The first kappa shape index (κ1) is 38.6. The van der Waals surface area contributed by atoms with Gasteiger partial charge < -0.3 is 0 Å². The van der Waals surface area contributed by atoms with Crippen LogP contribution in [-0.2, 0) is 5.41 Å². The first-order chi connectivity index (χ1) is 33.2. The molecule has 0 N–H and O–H groups in total. The molecule has 67 heavy (non-hydrogen) atoms. The molecule has 0 unspecified atom stereocenters. The molecule has 0 bridgehead atoms. The lowest BCUT2D eigenvalue weighted by Gasteiger charge is -2.30. The lowest BCUT2D eigenvalue weighted by Crippen LogP contribution is -2.25. The van der Waals surface area contributed by atoms with Crippen LogP contribution in [0.1, 0.15) is 22.3 Å². The smallest absolute Gasteiger partial charge is 0.164 e. The highest BCUT2D eigenvalue weighted by Crippen LogP contribution is 2.63. The van der Waals surface area contributed by atoms with Gasteiger partial charge in [0.25, 0.3) is 0 Å². The van der Waals surface area contributed by atoms with Crippen LogP contribution in [0.4, 0.5) is 0 Å². The largest absolute Gasteiger partial charge is 0.208 e. The van der Waals surface area contributed by atoms with E-state index in [0.717, 1.165) is 66.8 Å². The summed E-state index contributed by atoms with van der Waals surface area (Å²) in [5.74, 6) is 1.84. The summed E-state index contributed by atoms with van der Waals surface area (Å²) in [6.07, 6.45) is 0. The predicted molar refractivity (Wildman–Crippen MR) is 274 cm³/mol. The van der Waals surface area contributed by atoms with Crippen LogP contribution in [0, 0.1) is 0 Å². The van der Waals surface area contributed by atoms with E-state index in [2.05, 4.69) is 249 Å². The lowest BCUT2D eigenvalue weighted by atomic mass is 9.70. The van der Waals surface area contributed by atoms with Crippen molar-refractivity contribution in [1.29, 1.82) is 0 Å². The van der Waals surface area contributed by atoms with Crippen LogP contribution < -0.4 is 0 Å². The molecule has 0 amide bonds. The van der Waals surface area contributed by atoms with Gasteiger partial charge >= 0.3 is 0 Å². The van der Waals surface area contributed by atoms with Crippen LogP contribution in [0.25, 0.3) is 101 Å². The molecule has 1 heterocycles. The van der Waals surface area contributed by atoms with Crippen LogP contribution in [-0.4, -0.2) is 15.0 Å². The maximum Gasteiger partial charge on any atom is 0.164 e. The summed E-state index contributed by atoms with van der Waals surface area (Å²) in [7, 11) is 0. The van der Waals surface area contributed by atoms with E-state index in [1.807, 2.05) is 0 Å². The zero-order valence-corrected chi connectivity index (χ0v) is 36.5. The van der Waals surface area contributed by atoms with Gasteiger partial charge in [-0.05, 0) is 125 Å². The molecule has 0 atom stereocenters. The molecule has 1 aromatic heterocycles. The predicted octanol–water partition coefficient (Wildman–Crippen LogP) is 15.9. The van der Waals surface area contributed by atoms with Crippen molar-refractivity contribution in [1.82, 2.24) is 15.0 Å². The summed E-state index contributed by atoms with van der Waals surface area (Å²) in [4.78, 5) is 16.6. The first-order valence-electron chi connectivity index (χ1n) is 22.9. The second-order valence-corrected chi connectivity index (χ2v) is 17.5. The quantitative estimate of drug-likeness (QED) is 0.160. The fourth-order valence-corrected chi connectivity index (χ4v) is 10.8. The van der Waals surface area contributed by atoms with Crippen LogP contribution in [0.15, 0.2) is 249 Å². The lowest BCUT2D eigenvalue weighted by molar-refractivity contribution is 0.794. The number of fused-ring (bicyclic) bond motifs is 10. The van der Waals surface area contributed by atoms with Crippen LogP contribution >= 0.6 is 0 Å². The zero-order chi connectivity index (χ0) is 44.3. The van der Waals surface area contributed by atoms with Gasteiger partial charge in [-0.1, -0.05) is 212 Å². The third-order valence-corrected chi connectivity index (χ3v) is 13.7. The molecule has 10 aromatic carbocycles. The van der Waals surface area contributed by atoms with Crippen molar-refractivity contribution in [3.8, 4) is 101 Å². The fourth-order valence-electron chi connectivity index (χ4n) is 10.8. The van der Waals surface area contributed by atoms with Gasteiger partial charge in [0, 0.05) is 16.7 Å². The Morgan fingerprint density at radius 3 is 0.925 bits per heavy atom. The van der Waals surface area contributed by atoms with Gasteiger partial charge in [-0.25, -0.2) is 15.0 Å². The summed E-state index contributed by atoms with van der Waals surface area (Å²) in [5, 5.41) is 0. The van der Waals surface area contributed by atoms with Crippen LogP contribution in [0.2, 0.25) is 0 Å². The average Bonchev–Trinajstić information content (AvgIpc) is 3.89. The normalized spacial score (nSPS) is 12.6. The fraction of sp³-hybridized carbons (Fsp3) is 0.0156. The summed E-state index contributed by atoms with van der Waals surface area (Å²) < 4.78 is 0. The minimum atomic E-state index is -0.503. The van der Waals surface area contributed by atoms with Crippen molar-refractivity contribution < 1.29 is 0 Å². The summed E-state index contributed by atoms with van der Waals surface area (Å²) in [6.45, 7) is 0. The van der Waals surface area contributed by atoms with Crippen molar-refractivity contribution in [3.05, 3.63) is 271 Å². The summed E-state index contributed by atoms with van der Waals surface area (Å²) in [5.41, 5.74) is 21.2. The molecule has 2 aliphatic rings. The van der Waals surface area contributed by atoms with Gasteiger partial charge in [-0.15, -0.1) is 0 Å².